The first-order valence-corrected chi connectivity index (χ1v) is 8.03. The van der Waals surface area contributed by atoms with E-state index in [0.717, 1.165) is 11.7 Å². The summed E-state index contributed by atoms with van der Waals surface area (Å²) in [6.07, 6.45) is 10.9. The summed E-state index contributed by atoms with van der Waals surface area (Å²) in [6, 6.07) is 0.625. The molecule has 0 aromatic carbocycles. The number of aromatic nitrogens is 3. The van der Waals surface area contributed by atoms with E-state index in [4.69, 9.17) is 0 Å². The molecule has 5 heteroatoms. The number of hydrogen-bond donors (Lipinski definition) is 2. The van der Waals surface area contributed by atoms with Gasteiger partial charge in [0.2, 0.25) is 0 Å². The van der Waals surface area contributed by atoms with E-state index < -0.39 is 0 Å². The van der Waals surface area contributed by atoms with Gasteiger partial charge in [0.05, 0.1) is 0 Å². The molecule has 2 atom stereocenters. The molecule has 2 rings (SSSR count). The van der Waals surface area contributed by atoms with Crippen LogP contribution in [0.25, 0.3) is 0 Å². The lowest BCUT2D eigenvalue weighted by molar-refractivity contribution is 0.399. The molecule has 1 aromatic rings. The molecule has 1 heterocycles. The maximum Gasteiger partial charge on any atom is 0.183 e. The van der Waals surface area contributed by atoms with Gasteiger partial charge in [-0.05, 0) is 25.8 Å². The van der Waals surface area contributed by atoms with Crippen LogP contribution in [0, 0.1) is 0 Å². The topological polar surface area (TPSA) is 53.6 Å². The highest BCUT2D eigenvalue weighted by Gasteiger charge is 2.24. The fraction of sp³-hybridized carbons (Fsp3) is 0.846. The zero-order valence-electron chi connectivity index (χ0n) is 11.2. The number of aromatic amines is 1. The van der Waals surface area contributed by atoms with Crippen LogP contribution in [0.15, 0.2) is 11.5 Å². The molecule has 1 aromatic heterocycles. The first kappa shape index (κ1) is 13.9. The van der Waals surface area contributed by atoms with Crippen molar-refractivity contribution in [3.8, 4) is 0 Å². The molecule has 0 radical (unpaired) electrons. The zero-order chi connectivity index (χ0) is 12.6. The largest absolute Gasteiger partial charge is 0.313 e. The Morgan fingerprint density at radius 2 is 2.17 bits per heavy atom. The van der Waals surface area contributed by atoms with Crippen molar-refractivity contribution in [2.75, 3.05) is 6.54 Å². The smallest absolute Gasteiger partial charge is 0.183 e. The van der Waals surface area contributed by atoms with Crippen LogP contribution in [0.1, 0.15) is 51.9 Å². The Morgan fingerprint density at radius 3 is 2.89 bits per heavy atom. The molecule has 0 aliphatic heterocycles. The van der Waals surface area contributed by atoms with Crippen molar-refractivity contribution in [1.29, 1.82) is 0 Å². The molecule has 1 saturated carbocycles. The fourth-order valence-electron chi connectivity index (χ4n) is 2.55. The Morgan fingerprint density at radius 1 is 1.33 bits per heavy atom. The van der Waals surface area contributed by atoms with Crippen LogP contribution in [0.4, 0.5) is 0 Å². The summed E-state index contributed by atoms with van der Waals surface area (Å²) >= 11 is 1.86. The van der Waals surface area contributed by atoms with Gasteiger partial charge in [-0.25, -0.2) is 4.98 Å². The summed E-state index contributed by atoms with van der Waals surface area (Å²) in [6.45, 7) is 3.35. The minimum Gasteiger partial charge on any atom is -0.313 e. The number of thioether (sulfide) groups is 1. The Balaban J connectivity index is 1.94. The van der Waals surface area contributed by atoms with E-state index in [-0.39, 0.29) is 0 Å². The number of H-pyrrole nitrogens is 1. The van der Waals surface area contributed by atoms with Gasteiger partial charge in [-0.3, -0.25) is 5.10 Å². The van der Waals surface area contributed by atoms with E-state index >= 15 is 0 Å². The molecule has 2 N–H and O–H groups in total. The fourth-order valence-corrected chi connectivity index (χ4v) is 3.73. The SMILES string of the molecule is CCCNC1CCCCCCC1Sc1ncn[nH]1. The van der Waals surface area contributed by atoms with E-state index in [2.05, 4.69) is 27.4 Å². The van der Waals surface area contributed by atoms with Crippen molar-refractivity contribution in [1.82, 2.24) is 20.5 Å². The van der Waals surface area contributed by atoms with Gasteiger partial charge in [-0.15, -0.1) is 0 Å². The third kappa shape index (κ3) is 4.28. The van der Waals surface area contributed by atoms with Crippen LogP contribution in [0.5, 0.6) is 0 Å². The van der Waals surface area contributed by atoms with Gasteiger partial charge in [0, 0.05) is 11.3 Å². The summed E-state index contributed by atoms with van der Waals surface area (Å²) < 4.78 is 0. The third-order valence-corrected chi connectivity index (χ3v) is 4.80. The molecule has 0 bridgehead atoms. The molecule has 2 unspecified atom stereocenters. The van der Waals surface area contributed by atoms with Crippen LogP contribution in [-0.4, -0.2) is 33.0 Å². The van der Waals surface area contributed by atoms with Crippen LogP contribution in [0.2, 0.25) is 0 Å². The summed E-state index contributed by atoms with van der Waals surface area (Å²) in [4.78, 5) is 4.25. The maximum absolute atomic E-state index is 4.25. The summed E-state index contributed by atoms with van der Waals surface area (Å²) in [7, 11) is 0. The van der Waals surface area contributed by atoms with Gasteiger partial charge >= 0.3 is 0 Å². The third-order valence-electron chi connectivity index (χ3n) is 3.52. The standard InChI is InChI=1S/C13H24N4S/c1-2-9-14-11-7-5-3-4-6-8-12(11)18-13-15-10-16-17-13/h10-12,14H,2-9H2,1H3,(H,15,16,17). The molecule has 1 aliphatic carbocycles. The second-order valence-electron chi connectivity index (χ2n) is 5.00. The molecule has 18 heavy (non-hydrogen) atoms. The van der Waals surface area contributed by atoms with Crippen molar-refractivity contribution in [2.45, 2.75) is 68.3 Å². The maximum atomic E-state index is 4.25. The summed E-state index contributed by atoms with van der Waals surface area (Å²) in [5.74, 6) is 0. The Hall–Kier alpha value is -0.550. The van der Waals surface area contributed by atoms with Crippen molar-refractivity contribution >= 4 is 11.8 Å². The molecule has 1 aliphatic rings. The van der Waals surface area contributed by atoms with Gasteiger partial charge < -0.3 is 5.32 Å². The van der Waals surface area contributed by atoms with E-state index in [9.17, 15) is 0 Å². The van der Waals surface area contributed by atoms with Crippen molar-refractivity contribution < 1.29 is 0 Å². The highest BCUT2D eigenvalue weighted by atomic mass is 32.2. The van der Waals surface area contributed by atoms with Gasteiger partial charge in [0.15, 0.2) is 5.16 Å². The minimum atomic E-state index is 0.625. The number of nitrogens with one attached hydrogen (secondary N) is 2. The molecule has 102 valence electrons. The summed E-state index contributed by atoms with van der Waals surface area (Å²) in [5, 5.41) is 12.2. The molecule has 0 saturated heterocycles. The van der Waals surface area contributed by atoms with Gasteiger partial charge in [-0.1, -0.05) is 44.4 Å². The molecular weight excluding hydrogens is 244 g/mol. The minimum absolute atomic E-state index is 0.625. The molecule has 1 fully saturated rings. The normalized spacial score (nSPS) is 25.6. The van der Waals surface area contributed by atoms with Gasteiger partial charge in [0.25, 0.3) is 0 Å². The van der Waals surface area contributed by atoms with Crippen LogP contribution in [0.3, 0.4) is 0 Å². The van der Waals surface area contributed by atoms with Crippen molar-refractivity contribution in [3.05, 3.63) is 6.33 Å². The van der Waals surface area contributed by atoms with E-state index in [1.807, 2.05) is 11.8 Å². The molecule has 4 nitrogen and oxygen atoms in total. The Labute approximate surface area is 114 Å². The summed E-state index contributed by atoms with van der Waals surface area (Å²) in [5.41, 5.74) is 0. The number of hydrogen-bond acceptors (Lipinski definition) is 4. The van der Waals surface area contributed by atoms with Crippen LogP contribution in [-0.2, 0) is 0 Å². The Kier molecular flexibility index (Phi) is 6.00. The van der Waals surface area contributed by atoms with E-state index in [1.54, 1.807) is 6.33 Å². The number of rotatable bonds is 5. The lowest BCUT2D eigenvalue weighted by atomic mass is 9.96. The highest BCUT2D eigenvalue weighted by molar-refractivity contribution is 7.99. The molecular formula is C13H24N4S. The second kappa shape index (κ2) is 7.79. The predicted molar refractivity (Wildman–Crippen MR) is 75.8 cm³/mol. The van der Waals surface area contributed by atoms with Gasteiger partial charge in [0.1, 0.15) is 6.33 Å². The first-order chi connectivity index (χ1) is 8.90. The first-order valence-electron chi connectivity index (χ1n) is 7.15. The van der Waals surface area contributed by atoms with Gasteiger partial charge in [-0.2, -0.15) is 5.10 Å². The predicted octanol–water partition coefficient (Wildman–Crippen LogP) is 2.99. The van der Waals surface area contributed by atoms with Crippen LogP contribution < -0.4 is 5.32 Å². The zero-order valence-corrected chi connectivity index (χ0v) is 12.0. The monoisotopic (exact) mass is 268 g/mol. The second-order valence-corrected chi connectivity index (χ2v) is 6.23. The van der Waals surface area contributed by atoms with E-state index in [0.29, 0.717) is 11.3 Å². The van der Waals surface area contributed by atoms with Crippen molar-refractivity contribution in [3.63, 3.8) is 0 Å². The average molecular weight is 268 g/mol. The van der Waals surface area contributed by atoms with Crippen molar-refractivity contribution in [2.24, 2.45) is 0 Å². The molecule has 0 spiro atoms. The quantitative estimate of drug-likeness (QED) is 0.862. The molecule has 0 amide bonds. The van der Waals surface area contributed by atoms with Crippen LogP contribution >= 0.6 is 11.8 Å². The Bertz CT molecular complexity index is 313. The average Bonchev–Trinajstić information content (AvgIpc) is 2.85. The highest BCUT2D eigenvalue weighted by Crippen LogP contribution is 2.30. The lowest BCUT2D eigenvalue weighted by Gasteiger charge is -2.29. The lowest BCUT2D eigenvalue weighted by Crippen LogP contribution is -2.39. The number of nitrogens with zero attached hydrogens (tertiary/aromatic N) is 2. The van der Waals surface area contributed by atoms with E-state index in [1.165, 1.54) is 44.9 Å².